The summed E-state index contributed by atoms with van der Waals surface area (Å²) in [5, 5.41) is 15.2. The lowest BCUT2D eigenvalue weighted by Gasteiger charge is -1.97. The van der Waals surface area contributed by atoms with Gasteiger partial charge in [-0.05, 0) is 12.1 Å². The average Bonchev–Trinajstić information content (AvgIpc) is 3.53. The summed E-state index contributed by atoms with van der Waals surface area (Å²) in [6.45, 7) is 0. The van der Waals surface area contributed by atoms with Crippen LogP contribution in [0.3, 0.4) is 0 Å². The second-order valence-corrected chi connectivity index (χ2v) is 6.35. The summed E-state index contributed by atoms with van der Waals surface area (Å²) >= 11 is 0. The Kier molecular flexibility index (Phi) is 2.98. The molecule has 0 spiro atoms. The lowest BCUT2D eigenvalue weighted by molar-refractivity contribution is 0.568. The highest BCUT2D eigenvalue weighted by Gasteiger charge is 2.16. The standard InChI is InChI=1S/C19H12N8O/c1-2-28-9-10(1)13-6-20-7-16-17(13)25-19(24-16)18-12-3-14(11-4-22-23-5-11)21-8-15(12)26-27-18/h1-9H,(H,22,23)(H,24,25)(H,26,27). The Balaban J connectivity index is 1.55. The van der Waals surface area contributed by atoms with Crippen LogP contribution in [-0.2, 0) is 0 Å². The number of imidazole rings is 1. The first-order valence-corrected chi connectivity index (χ1v) is 8.57. The number of hydrogen-bond donors (Lipinski definition) is 3. The Bertz CT molecular complexity index is 1410. The molecule has 134 valence electrons. The minimum absolute atomic E-state index is 0.656. The monoisotopic (exact) mass is 368 g/mol. The molecule has 0 saturated carbocycles. The molecule has 6 rings (SSSR count). The molecule has 0 amide bonds. The molecule has 0 aliphatic heterocycles. The minimum atomic E-state index is 0.656. The first-order chi connectivity index (χ1) is 13.9. The van der Waals surface area contributed by atoms with Crippen molar-refractivity contribution in [1.29, 1.82) is 0 Å². The average molecular weight is 368 g/mol. The largest absolute Gasteiger partial charge is 0.472 e. The van der Waals surface area contributed by atoms with Crippen LogP contribution in [0.4, 0.5) is 0 Å². The minimum Gasteiger partial charge on any atom is -0.472 e. The van der Waals surface area contributed by atoms with Crippen molar-refractivity contribution in [2.45, 2.75) is 0 Å². The summed E-state index contributed by atoms with van der Waals surface area (Å²) in [6.07, 6.45) is 12.1. The predicted octanol–water partition coefficient (Wildman–Crippen LogP) is 3.55. The van der Waals surface area contributed by atoms with E-state index in [0.717, 1.165) is 50.0 Å². The molecule has 0 atom stereocenters. The van der Waals surface area contributed by atoms with Gasteiger partial charge in [0, 0.05) is 34.5 Å². The molecule has 0 aliphatic carbocycles. The van der Waals surface area contributed by atoms with E-state index in [0.29, 0.717) is 5.82 Å². The number of hydrogen-bond acceptors (Lipinski definition) is 6. The normalized spacial score (nSPS) is 11.6. The lowest BCUT2D eigenvalue weighted by Crippen LogP contribution is -1.84. The van der Waals surface area contributed by atoms with Crippen molar-refractivity contribution < 1.29 is 4.42 Å². The van der Waals surface area contributed by atoms with Crippen LogP contribution in [-0.4, -0.2) is 40.3 Å². The predicted molar refractivity (Wildman–Crippen MR) is 102 cm³/mol. The van der Waals surface area contributed by atoms with Crippen molar-refractivity contribution in [2.75, 3.05) is 0 Å². The number of aromatic amines is 3. The van der Waals surface area contributed by atoms with Gasteiger partial charge in [0.15, 0.2) is 5.82 Å². The zero-order valence-corrected chi connectivity index (χ0v) is 14.3. The van der Waals surface area contributed by atoms with Gasteiger partial charge in [0.25, 0.3) is 0 Å². The van der Waals surface area contributed by atoms with E-state index in [-0.39, 0.29) is 0 Å². The first-order valence-electron chi connectivity index (χ1n) is 8.57. The number of nitrogens with one attached hydrogen (secondary N) is 3. The molecule has 3 N–H and O–H groups in total. The fraction of sp³-hybridized carbons (Fsp3) is 0. The highest BCUT2D eigenvalue weighted by Crippen LogP contribution is 2.31. The van der Waals surface area contributed by atoms with Gasteiger partial charge in [0.1, 0.15) is 11.2 Å². The molecule has 0 bridgehead atoms. The third-order valence-corrected chi connectivity index (χ3v) is 4.69. The molecule has 0 aliphatic rings. The highest BCUT2D eigenvalue weighted by molar-refractivity contribution is 5.97. The molecule has 28 heavy (non-hydrogen) atoms. The number of rotatable bonds is 3. The number of furan rings is 1. The van der Waals surface area contributed by atoms with E-state index >= 15 is 0 Å². The number of fused-ring (bicyclic) bond motifs is 2. The zero-order chi connectivity index (χ0) is 18.5. The van der Waals surface area contributed by atoms with Gasteiger partial charge < -0.3 is 9.40 Å². The van der Waals surface area contributed by atoms with Crippen LogP contribution < -0.4 is 0 Å². The van der Waals surface area contributed by atoms with Crippen molar-refractivity contribution in [1.82, 2.24) is 40.3 Å². The van der Waals surface area contributed by atoms with Crippen molar-refractivity contribution in [3.63, 3.8) is 0 Å². The molecular formula is C19H12N8O. The van der Waals surface area contributed by atoms with E-state index < -0.39 is 0 Å². The summed E-state index contributed by atoms with van der Waals surface area (Å²) < 4.78 is 5.21. The van der Waals surface area contributed by atoms with Gasteiger partial charge in [0.05, 0.1) is 47.8 Å². The van der Waals surface area contributed by atoms with E-state index in [1.54, 1.807) is 43.5 Å². The SMILES string of the molecule is c1cc(-c2cncc3[nH]c(-c4n[nH]c5cnc(-c6cn[nH]c6)cc45)nc23)co1. The maximum Gasteiger partial charge on any atom is 0.159 e. The maximum absolute atomic E-state index is 5.21. The summed E-state index contributed by atoms with van der Waals surface area (Å²) in [5.74, 6) is 0.656. The zero-order valence-electron chi connectivity index (χ0n) is 14.3. The van der Waals surface area contributed by atoms with Crippen LogP contribution in [0, 0.1) is 0 Å². The Hall–Kier alpha value is -4.27. The smallest absolute Gasteiger partial charge is 0.159 e. The third kappa shape index (κ3) is 2.16. The summed E-state index contributed by atoms with van der Waals surface area (Å²) in [6, 6.07) is 3.86. The molecule has 0 aromatic carbocycles. The lowest BCUT2D eigenvalue weighted by atomic mass is 10.1. The molecule has 6 aromatic rings. The van der Waals surface area contributed by atoms with Crippen LogP contribution in [0.2, 0.25) is 0 Å². The molecule has 0 fully saturated rings. The highest BCUT2D eigenvalue weighted by atomic mass is 16.3. The van der Waals surface area contributed by atoms with Crippen molar-refractivity contribution >= 4 is 21.9 Å². The second-order valence-electron chi connectivity index (χ2n) is 6.35. The topological polar surface area (TPSA) is 125 Å². The van der Waals surface area contributed by atoms with Crippen LogP contribution in [0.15, 0.2) is 60.1 Å². The Morgan fingerprint density at radius 3 is 2.86 bits per heavy atom. The Morgan fingerprint density at radius 2 is 2.00 bits per heavy atom. The van der Waals surface area contributed by atoms with Gasteiger partial charge >= 0.3 is 0 Å². The quantitative estimate of drug-likeness (QED) is 0.439. The molecule has 0 radical (unpaired) electrons. The molecule has 0 saturated heterocycles. The van der Waals surface area contributed by atoms with Gasteiger partial charge in [0.2, 0.25) is 0 Å². The summed E-state index contributed by atoms with van der Waals surface area (Å²) in [7, 11) is 0. The second kappa shape index (κ2) is 5.61. The molecule has 9 nitrogen and oxygen atoms in total. The van der Waals surface area contributed by atoms with Gasteiger partial charge in [-0.15, -0.1) is 0 Å². The Morgan fingerprint density at radius 1 is 1.00 bits per heavy atom. The van der Waals surface area contributed by atoms with E-state index in [9.17, 15) is 0 Å². The number of H-pyrrole nitrogens is 3. The number of aromatic nitrogens is 8. The van der Waals surface area contributed by atoms with E-state index in [2.05, 4.69) is 35.3 Å². The Labute approximate surface area is 156 Å². The van der Waals surface area contributed by atoms with E-state index in [4.69, 9.17) is 9.40 Å². The van der Waals surface area contributed by atoms with Crippen LogP contribution in [0.5, 0.6) is 0 Å². The molecule has 0 unspecified atom stereocenters. The fourth-order valence-corrected chi connectivity index (χ4v) is 3.32. The number of nitrogens with zero attached hydrogens (tertiary/aromatic N) is 5. The summed E-state index contributed by atoms with van der Waals surface area (Å²) in [4.78, 5) is 16.9. The van der Waals surface area contributed by atoms with Crippen LogP contribution in [0.25, 0.3) is 55.8 Å². The van der Waals surface area contributed by atoms with Gasteiger partial charge in [-0.1, -0.05) is 0 Å². The molecular weight excluding hydrogens is 356 g/mol. The van der Waals surface area contributed by atoms with Gasteiger partial charge in [-0.25, -0.2) is 4.98 Å². The molecule has 9 heteroatoms. The van der Waals surface area contributed by atoms with E-state index in [1.165, 1.54) is 0 Å². The number of pyridine rings is 2. The van der Waals surface area contributed by atoms with Gasteiger partial charge in [-0.3, -0.25) is 20.2 Å². The molecule has 6 aromatic heterocycles. The van der Waals surface area contributed by atoms with Crippen LogP contribution >= 0.6 is 0 Å². The maximum atomic E-state index is 5.21. The van der Waals surface area contributed by atoms with Crippen LogP contribution in [0.1, 0.15) is 0 Å². The fourth-order valence-electron chi connectivity index (χ4n) is 3.32. The first kappa shape index (κ1) is 14.9. The van der Waals surface area contributed by atoms with Gasteiger partial charge in [-0.2, -0.15) is 10.2 Å². The van der Waals surface area contributed by atoms with E-state index in [1.807, 2.05) is 12.1 Å². The summed E-state index contributed by atoms with van der Waals surface area (Å²) in [5.41, 5.74) is 6.72. The van der Waals surface area contributed by atoms with Crippen molar-refractivity contribution in [2.24, 2.45) is 0 Å². The van der Waals surface area contributed by atoms with Crippen molar-refractivity contribution in [3.8, 4) is 33.9 Å². The molecule has 6 heterocycles. The third-order valence-electron chi connectivity index (χ3n) is 4.69. The van der Waals surface area contributed by atoms with Crippen molar-refractivity contribution in [3.05, 3.63) is 55.6 Å².